The fraction of sp³-hybridized carbons (Fsp3) is 0.294. The molecule has 2 aromatic rings. The fourth-order valence-corrected chi connectivity index (χ4v) is 3.51. The van der Waals surface area contributed by atoms with Crippen molar-refractivity contribution < 1.29 is 4.74 Å². The monoisotopic (exact) mass is 394 g/mol. The Balaban J connectivity index is 1.76. The molecule has 0 bridgehead atoms. The number of ether oxygens (including phenoxy) is 1. The van der Waals surface area contributed by atoms with Gasteiger partial charge in [-0.3, -0.25) is 0 Å². The third kappa shape index (κ3) is 3.09. The van der Waals surface area contributed by atoms with Crippen molar-refractivity contribution in [3.63, 3.8) is 0 Å². The van der Waals surface area contributed by atoms with Crippen LogP contribution in [0, 0.1) is 0 Å². The zero-order chi connectivity index (χ0) is 14.1. The minimum atomic E-state index is 0.306. The molecule has 0 fully saturated rings. The smallest absolute Gasteiger partial charge is 0.123 e. The highest BCUT2D eigenvalue weighted by Gasteiger charge is 2.20. The van der Waals surface area contributed by atoms with Crippen LogP contribution < -0.4 is 4.74 Å². The summed E-state index contributed by atoms with van der Waals surface area (Å²) in [4.78, 5) is 0.338. The second-order valence-corrected chi connectivity index (χ2v) is 7.32. The lowest BCUT2D eigenvalue weighted by Crippen LogP contribution is -2.05. The molecule has 1 nitrogen and oxygen atoms in total. The molecule has 0 aliphatic carbocycles. The summed E-state index contributed by atoms with van der Waals surface area (Å²) in [6.07, 6.45) is 2.31. The summed E-state index contributed by atoms with van der Waals surface area (Å²) in [6, 6.07) is 15.0. The summed E-state index contributed by atoms with van der Waals surface area (Å²) in [5, 5.41) is 0. The van der Waals surface area contributed by atoms with Crippen LogP contribution in [0.5, 0.6) is 5.75 Å². The van der Waals surface area contributed by atoms with Crippen molar-refractivity contribution >= 4 is 31.9 Å². The average Bonchev–Trinajstić information content (AvgIpc) is 2.80. The van der Waals surface area contributed by atoms with Gasteiger partial charge < -0.3 is 4.74 Å². The molecule has 2 aromatic carbocycles. The van der Waals surface area contributed by atoms with Gasteiger partial charge in [0, 0.05) is 15.7 Å². The molecule has 0 radical (unpaired) electrons. The SMILES string of the molecule is CC1Cc2cc(C(Br)Cc3ccc(Br)cc3)ccc2O1. The van der Waals surface area contributed by atoms with Crippen molar-refractivity contribution in [1.29, 1.82) is 0 Å². The number of halogens is 2. The summed E-state index contributed by atoms with van der Waals surface area (Å²) in [7, 11) is 0. The Morgan fingerprint density at radius 1 is 1.20 bits per heavy atom. The Morgan fingerprint density at radius 2 is 1.95 bits per heavy atom. The van der Waals surface area contributed by atoms with E-state index >= 15 is 0 Å². The molecule has 20 heavy (non-hydrogen) atoms. The highest BCUT2D eigenvalue weighted by Crippen LogP contribution is 2.34. The molecule has 0 saturated carbocycles. The first-order valence-corrected chi connectivity index (χ1v) is 8.50. The Hall–Kier alpha value is -0.800. The summed E-state index contributed by atoms with van der Waals surface area (Å²) in [5.41, 5.74) is 3.99. The van der Waals surface area contributed by atoms with Crippen molar-refractivity contribution in [3.8, 4) is 5.75 Å². The minimum absolute atomic E-state index is 0.306. The van der Waals surface area contributed by atoms with Crippen molar-refractivity contribution in [2.75, 3.05) is 0 Å². The quantitative estimate of drug-likeness (QED) is 0.627. The predicted octanol–water partition coefficient (Wildman–Crippen LogP) is 5.45. The van der Waals surface area contributed by atoms with Crippen molar-refractivity contribution in [3.05, 3.63) is 63.6 Å². The van der Waals surface area contributed by atoms with E-state index in [1.807, 2.05) is 0 Å². The molecule has 3 rings (SSSR count). The number of fused-ring (bicyclic) bond motifs is 1. The van der Waals surface area contributed by atoms with E-state index in [0.29, 0.717) is 10.9 Å². The number of benzene rings is 2. The number of hydrogen-bond acceptors (Lipinski definition) is 1. The molecule has 2 unspecified atom stereocenters. The van der Waals surface area contributed by atoms with Gasteiger partial charge in [0.25, 0.3) is 0 Å². The maximum absolute atomic E-state index is 5.75. The van der Waals surface area contributed by atoms with Gasteiger partial charge in [0.05, 0.1) is 0 Å². The molecular weight excluding hydrogens is 380 g/mol. The third-order valence-corrected chi connectivity index (χ3v) is 4.99. The van der Waals surface area contributed by atoms with Crippen LogP contribution in [0.2, 0.25) is 0 Å². The molecule has 104 valence electrons. The summed E-state index contributed by atoms with van der Waals surface area (Å²) in [6.45, 7) is 2.12. The average molecular weight is 396 g/mol. The largest absolute Gasteiger partial charge is 0.490 e. The van der Waals surface area contributed by atoms with E-state index in [2.05, 4.69) is 81.2 Å². The van der Waals surface area contributed by atoms with Crippen LogP contribution >= 0.6 is 31.9 Å². The zero-order valence-electron chi connectivity index (χ0n) is 11.3. The Labute approximate surface area is 136 Å². The number of rotatable bonds is 3. The lowest BCUT2D eigenvalue weighted by Gasteiger charge is -2.12. The van der Waals surface area contributed by atoms with E-state index in [9.17, 15) is 0 Å². The molecule has 0 spiro atoms. The van der Waals surface area contributed by atoms with E-state index in [4.69, 9.17) is 4.74 Å². The van der Waals surface area contributed by atoms with Crippen molar-refractivity contribution in [2.45, 2.75) is 30.7 Å². The molecule has 1 aliphatic rings. The summed E-state index contributed by atoms with van der Waals surface area (Å²) < 4.78 is 6.87. The lowest BCUT2D eigenvalue weighted by molar-refractivity contribution is 0.254. The van der Waals surface area contributed by atoms with Crippen LogP contribution in [0.1, 0.15) is 28.4 Å². The Bertz CT molecular complexity index is 607. The first-order valence-electron chi connectivity index (χ1n) is 6.80. The van der Waals surface area contributed by atoms with Crippen molar-refractivity contribution in [2.24, 2.45) is 0 Å². The van der Waals surface area contributed by atoms with Gasteiger partial charge in [0.2, 0.25) is 0 Å². The van der Waals surface area contributed by atoms with E-state index in [-0.39, 0.29) is 0 Å². The highest BCUT2D eigenvalue weighted by molar-refractivity contribution is 9.10. The maximum Gasteiger partial charge on any atom is 0.123 e. The molecular formula is C17H16Br2O. The van der Waals surface area contributed by atoms with Gasteiger partial charge in [-0.2, -0.15) is 0 Å². The first-order chi connectivity index (χ1) is 9.61. The van der Waals surface area contributed by atoms with E-state index in [1.54, 1.807) is 0 Å². The topological polar surface area (TPSA) is 9.23 Å². The Morgan fingerprint density at radius 3 is 2.70 bits per heavy atom. The molecule has 0 N–H and O–H groups in total. The van der Waals surface area contributed by atoms with Crippen LogP contribution in [0.4, 0.5) is 0 Å². The van der Waals surface area contributed by atoms with Crippen LogP contribution in [0.3, 0.4) is 0 Å². The van der Waals surface area contributed by atoms with E-state index in [0.717, 1.165) is 23.1 Å². The fourth-order valence-electron chi connectivity index (χ4n) is 2.58. The van der Waals surface area contributed by atoms with Gasteiger partial charge in [0.15, 0.2) is 0 Å². The first kappa shape index (κ1) is 14.2. The molecule has 3 heteroatoms. The highest BCUT2D eigenvalue weighted by atomic mass is 79.9. The van der Waals surface area contributed by atoms with Crippen LogP contribution in [0.25, 0.3) is 0 Å². The lowest BCUT2D eigenvalue weighted by atomic mass is 10.0. The van der Waals surface area contributed by atoms with Crippen LogP contribution in [-0.2, 0) is 12.8 Å². The zero-order valence-corrected chi connectivity index (χ0v) is 14.4. The molecule has 0 amide bonds. The summed E-state index contributed by atoms with van der Waals surface area (Å²) in [5.74, 6) is 1.05. The van der Waals surface area contributed by atoms with E-state index < -0.39 is 0 Å². The van der Waals surface area contributed by atoms with Gasteiger partial charge in [-0.25, -0.2) is 0 Å². The molecule has 0 aromatic heterocycles. The second-order valence-electron chi connectivity index (χ2n) is 5.30. The summed E-state index contributed by atoms with van der Waals surface area (Å²) >= 11 is 7.28. The van der Waals surface area contributed by atoms with Crippen LogP contribution in [-0.4, -0.2) is 6.10 Å². The van der Waals surface area contributed by atoms with Crippen molar-refractivity contribution in [1.82, 2.24) is 0 Å². The van der Waals surface area contributed by atoms with Gasteiger partial charge in [-0.15, -0.1) is 0 Å². The molecule has 1 heterocycles. The van der Waals surface area contributed by atoms with E-state index in [1.165, 1.54) is 16.7 Å². The maximum atomic E-state index is 5.75. The Kier molecular flexibility index (Phi) is 4.18. The van der Waals surface area contributed by atoms with Gasteiger partial charge in [-0.1, -0.05) is 56.1 Å². The minimum Gasteiger partial charge on any atom is -0.490 e. The predicted molar refractivity (Wildman–Crippen MR) is 89.8 cm³/mol. The number of hydrogen-bond donors (Lipinski definition) is 0. The molecule has 2 atom stereocenters. The molecule has 1 aliphatic heterocycles. The van der Waals surface area contributed by atoms with Crippen LogP contribution in [0.15, 0.2) is 46.9 Å². The second kappa shape index (κ2) is 5.90. The van der Waals surface area contributed by atoms with Gasteiger partial charge in [-0.05, 0) is 48.2 Å². The van der Waals surface area contributed by atoms with Gasteiger partial charge in [0.1, 0.15) is 11.9 Å². The third-order valence-electron chi connectivity index (χ3n) is 3.61. The standard InChI is InChI=1S/C17H16Br2O/c1-11-8-14-10-13(4-7-17(14)20-11)16(19)9-12-2-5-15(18)6-3-12/h2-7,10-11,16H,8-9H2,1H3. The molecule has 0 saturated heterocycles. The van der Waals surface area contributed by atoms with Gasteiger partial charge >= 0.3 is 0 Å². The number of alkyl halides is 1. The normalized spacial score (nSPS) is 18.4.